The van der Waals surface area contributed by atoms with Gasteiger partial charge in [0.2, 0.25) is 0 Å². The van der Waals surface area contributed by atoms with Gasteiger partial charge in [0.15, 0.2) is 0 Å². The van der Waals surface area contributed by atoms with E-state index >= 15 is 0 Å². The standard InChI is InChI=1S/C8H9AsBrN/c9-8-6(5-1-2-5)3-4-7(10)11-8/h3-5H,1-2,9H2. The summed E-state index contributed by atoms with van der Waals surface area (Å²) < 4.78 is 2.20. The zero-order valence-corrected chi connectivity index (χ0v) is 10.1. The average molecular weight is 274 g/mol. The Balaban J connectivity index is 2.39. The van der Waals surface area contributed by atoms with Gasteiger partial charge in [-0.3, -0.25) is 0 Å². The minimum atomic E-state index is 0.831. The first-order chi connectivity index (χ1) is 5.27. The van der Waals surface area contributed by atoms with E-state index in [4.69, 9.17) is 0 Å². The third-order valence-corrected chi connectivity index (χ3v) is 3.35. The Morgan fingerprint density at radius 3 is 2.73 bits per heavy atom. The molecule has 1 saturated carbocycles. The molecule has 2 rings (SSSR count). The molecule has 0 radical (unpaired) electrons. The molecule has 0 N–H and O–H groups in total. The monoisotopic (exact) mass is 273 g/mol. The normalized spacial score (nSPS) is 16.9. The first kappa shape index (κ1) is 7.82. The Bertz CT molecular complexity index is 283. The van der Waals surface area contributed by atoms with Gasteiger partial charge in [-0.2, -0.15) is 0 Å². The molecule has 1 fully saturated rings. The van der Waals surface area contributed by atoms with Gasteiger partial charge in [0, 0.05) is 0 Å². The minimum absolute atomic E-state index is 0.831. The molecular formula is C8H9AsBrN. The maximum atomic E-state index is 4.38. The molecule has 1 aliphatic rings. The van der Waals surface area contributed by atoms with Crippen molar-refractivity contribution in [2.75, 3.05) is 0 Å². The quantitative estimate of drug-likeness (QED) is 0.549. The fourth-order valence-corrected chi connectivity index (χ4v) is 2.91. The van der Waals surface area contributed by atoms with Crippen LogP contribution in [0.25, 0.3) is 0 Å². The Kier molecular flexibility index (Phi) is 2.07. The van der Waals surface area contributed by atoms with Gasteiger partial charge in [-0.05, 0) is 0 Å². The van der Waals surface area contributed by atoms with Crippen LogP contribution in [-0.2, 0) is 0 Å². The van der Waals surface area contributed by atoms with Crippen LogP contribution >= 0.6 is 15.9 Å². The van der Waals surface area contributed by atoms with Crippen molar-refractivity contribution in [3.8, 4) is 0 Å². The molecule has 0 saturated heterocycles. The summed E-state index contributed by atoms with van der Waals surface area (Å²) in [4.78, 5) is 4.38. The van der Waals surface area contributed by atoms with E-state index in [1.807, 2.05) is 6.07 Å². The van der Waals surface area contributed by atoms with Gasteiger partial charge >= 0.3 is 83.3 Å². The van der Waals surface area contributed by atoms with E-state index in [-0.39, 0.29) is 0 Å². The molecule has 58 valence electrons. The number of hydrogen-bond acceptors (Lipinski definition) is 1. The van der Waals surface area contributed by atoms with Crippen LogP contribution in [0.15, 0.2) is 16.7 Å². The molecule has 1 unspecified atom stereocenters. The van der Waals surface area contributed by atoms with Crippen molar-refractivity contribution < 1.29 is 0 Å². The second-order valence-corrected chi connectivity index (χ2v) is 4.84. The molecule has 1 aliphatic carbocycles. The summed E-state index contributed by atoms with van der Waals surface area (Å²) in [7, 11) is 0. The van der Waals surface area contributed by atoms with E-state index in [1.165, 1.54) is 22.9 Å². The summed E-state index contributed by atoms with van der Waals surface area (Å²) in [6.45, 7) is 0. The molecule has 3 heteroatoms. The predicted molar refractivity (Wildman–Crippen MR) is 52.1 cm³/mol. The topological polar surface area (TPSA) is 12.9 Å². The van der Waals surface area contributed by atoms with E-state index in [1.54, 1.807) is 16.9 Å². The van der Waals surface area contributed by atoms with E-state index in [9.17, 15) is 0 Å². The molecule has 0 aromatic carbocycles. The molecule has 11 heavy (non-hydrogen) atoms. The second-order valence-electron chi connectivity index (χ2n) is 2.88. The summed E-state index contributed by atoms with van der Waals surface area (Å²) >= 11 is 4.99. The number of nitrogens with zero attached hydrogens (tertiary/aromatic N) is 1. The van der Waals surface area contributed by atoms with Crippen LogP contribution in [0.4, 0.5) is 0 Å². The Morgan fingerprint density at radius 2 is 2.18 bits per heavy atom. The Hall–Kier alpha value is 0.188. The van der Waals surface area contributed by atoms with Crippen LogP contribution in [0.1, 0.15) is 24.3 Å². The third kappa shape index (κ3) is 1.68. The SMILES string of the molecule is [AsH2]c1nc(Br)ccc1C1CC1. The molecule has 0 aliphatic heterocycles. The van der Waals surface area contributed by atoms with E-state index < -0.39 is 0 Å². The van der Waals surface area contributed by atoms with Crippen LogP contribution < -0.4 is 4.48 Å². The molecule has 0 bridgehead atoms. The van der Waals surface area contributed by atoms with Crippen LogP contribution in [-0.4, -0.2) is 21.8 Å². The third-order valence-electron chi connectivity index (χ3n) is 1.94. The van der Waals surface area contributed by atoms with Gasteiger partial charge in [0.1, 0.15) is 0 Å². The number of halogens is 1. The van der Waals surface area contributed by atoms with E-state index in [0.29, 0.717) is 0 Å². The summed E-state index contributed by atoms with van der Waals surface area (Å²) in [6.07, 6.45) is 2.72. The van der Waals surface area contributed by atoms with E-state index in [2.05, 4.69) is 27.0 Å². The molecule has 1 atom stereocenters. The number of pyridine rings is 1. The van der Waals surface area contributed by atoms with E-state index in [0.717, 1.165) is 10.5 Å². The van der Waals surface area contributed by atoms with Gasteiger partial charge in [0.05, 0.1) is 0 Å². The Morgan fingerprint density at radius 1 is 1.45 bits per heavy atom. The molecular weight excluding hydrogens is 265 g/mol. The number of aromatic nitrogens is 1. The van der Waals surface area contributed by atoms with Crippen LogP contribution in [0.3, 0.4) is 0 Å². The predicted octanol–water partition coefficient (Wildman–Crippen LogP) is 0.980. The van der Waals surface area contributed by atoms with Gasteiger partial charge in [-0.15, -0.1) is 0 Å². The van der Waals surface area contributed by atoms with Crippen molar-refractivity contribution in [2.24, 2.45) is 0 Å². The van der Waals surface area contributed by atoms with Crippen molar-refractivity contribution in [3.63, 3.8) is 0 Å². The fourth-order valence-electron chi connectivity index (χ4n) is 1.20. The summed E-state index contributed by atoms with van der Waals surface area (Å²) in [5, 5.41) is 0. The van der Waals surface area contributed by atoms with Crippen molar-refractivity contribution in [3.05, 3.63) is 22.3 Å². The molecule has 0 amide bonds. The summed E-state index contributed by atoms with van der Waals surface area (Å²) in [5.41, 5.74) is 1.47. The number of hydrogen-bond donors (Lipinski definition) is 0. The van der Waals surface area contributed by atoms with Gasteiger partial charge in [-0.1, -0.05) is 0 Å². The van der Waals surface area contributed by atoms with Crippen LogP contribution in [0.2, 0.25) is 0 Å². The molecule has 1 heterocycles. The molecule has 1 aromatic rings. The van der Waals surface area contributed by atoms with Crippen molar-refractivity contribution in [1.82, 2.24) is 4.98 Å². The zero-order valence-electron chi connectivity index (χ0n) is 6.05. The van der Waals surface area contributed by atoms with Crippen molar-refractivity contribution in [2.45, 2.75) is 18.8 Å². The van der Waals surface area contributed by atoms with Crippen molar-refractivity contribution in [1.29, 1.82) is 0 Å². The number of rotatable bonds is 1. The first-order valence-corrected chi connectivity index (χ1v) is 5.70. The van der Waals surface area contributed by atoms with Crippen molar-refractivity contribution >= 4 is 37.3 Å². The fraction of sp³-hybridized carbons (Fsp3) is 0.375. The zero-order chi connectivity index (χ0) is 7.84. The second kappa shape index (κ2) is 2.91. The summed E-state index contributed by atoms with van der Waals surface area (Å²) in [6, 6.07) is 4.24. The molecule has 1 aromatic heterocycles. The van der Waals surface area contributed by atoms with Crippen LogP contribution in [0, 0.1) is 0 Å². The first-order valence-electron chi connectivity index (χ1n) is 3.69. The van der Waals surface area contributed by atoms with Gasteiger partial charge < -0.3 is 0 Å². The molecule has 0 spiro atoms. The maximum absolute atomic E-state index is 4.38. The average Bonchev–Trinajstić information content (AvgIpc) is 2.70. The Labute approximate surface area is 83.2 Å². The van der Waals surface area contributed by atoms with Gasteiger partial charge in [0.25, 0.3) is 0 Å². The molecule has 1 nitrogen and oxygen atoms in total. The summed E-state index contributed by atoms with van der Waals surface area (Å²) in [5.74, 6) is 0.831. The van der Waals surface area contributed by atoms with Gasteiger partial charge in [-0.25, -0.2) is 0 Å². The van der Waals surface area contributed by atoms with Crippen LogP contribution in [0.5, 0.6) is 0 Å².